The van der Waals surface area contributed by atoms with Gasteiger partial charge in [0.15, 0.2) is 23.0 Å². The lowest BCUT2D eigenvalue weighted by Gasteiger charge is -2.49. The summed E-state index contributed by atoms with van der Waals surface area (Å²) in [5.74, 6) is -7.04. The first-order valence-electron chi connectivity index (χ1n) is 8.85. The van der Waals surface area contributed by atoms with Crippen LogP contribution in [0, 0.1) is 5.92 Å². The summed E-state index contributed by atoms with van der Waals surface area (Å²) in [4.78, 5) is 12.1. The number of fused-ring (bicyclic) bond motifs is 1. The van der Waals surface area contributed by atoms with Crippen molar-refractivity contribution >= 4 is 5.97 Å². The molecule has 1 aliphatic carbocycles. The first-order valence-corrected chi connectivity index (χ1v) is 8.85. The molecule has 3 rings (SSSR count). The summed E-state index contributed by atoms with van der Waals surface area (Å²) < 4.78 is 10.0. The number of carbonyl (C=O) groups is 1. The molecule has 0 spiro atoms. The molecule has 10 heteroatoms. The molecule has 0 saturated heterocycles. The summed E-state index contributed by atoms with van der Waals surface area (Å²) in [6.45, 7) is -0.925. The van der Waals surface area contributed by atoms with Gasteiger partial charge in [-0.05, 0) is 41.0 Å². The Hall–Kier alpha value is -3.21. The van der Waals surface area contributed by atoms with E-state index in [1.54, 1.807) is 0 Å². The molecule has 0 bridgehead atoms. The van der Waals surface area contributed by atoms with E-state index in [2.05, 4.69) is 0 Å². The van der Waals surface area contributed by atoms with Crippen LogP contribution in [0.2, 0.25) is 0 Å². The minimum absolute atomic E-state index is 0.00987. The minimum Gasteiger partial charge on any atom is -0.547 e. The van der Waals surface area contributed by atoms with Crippen molar-refractivity contribution in [2.24, 2.45) is 5.92 Å². The lowest BCUT2D eigenvalue weighted by Crippen LogP contribution is -2.61. The summed E-state index contributed by atoms with van der Waals surface area (Å²) in [6.07, 6.45) is -1.65. The molecule has 6 N–H and O–H groups in total. The standard InChI is InChI=1S/C20H22O10/c1-29-14-6-10-9(5-12(14)22)16(8-3-13(23)18(25)15(4-8)30-2)20(28,19(26)27)11(7-21)17(10)24/h3-6,11,16-17,21-25,28H,7H2,1-2H3,(H,26,27)/p-1/t11-,16-,17+,20+/m1/s1. The quantitative estimate of drug-likeness (QED) is 0.331. The number of rotatable bonds is 5. The van der Waals surface area contributed by atoms with Gasteiger partial charge < -0.3 is 50.0 Å². The molecule has 0 fully saturated rings. The Kier molecular flexibility index (Phi) is 5.42. The van der Waals surface area contributed by atoms with Gasteiger partial charge in [0.2, 0.25) is 5.75 Å². The van der Waals surface area contributed by atoms with Gasteiger partial charge in [0.25, 0.3) is 0 Å². The highest BCUT2D eigenvalue weighted by molar-refractivity contribution is 5.80. The van der Waals surface area contributed by atoms with Gasteiger partial charge >= 0.3 is 0 Å². The number of phenols is 3. The van der Waals surface area contributed by atoms with E-state index in [-0.39, 0.29) is 28.2 Å². The van der Waals surface area contributed by atoms with Crippen molar-refractivity contribution in [3.05, 3.63) is 41.0 Å². The second-order valence-electron chi connectivity index (χ2n) is 7.02. The van der Waals surface area contributed by atoms with Gasteiger partial charge in [-0.1, -0.05) is 0 Å². The number of hydrogen-bond donors (Lipinski definition) is 6. The van der Waals surface area contributed by atoms with Gasteiger partial charge in [-0.25, -0.2) is 0 Å². The zero-order valence-corrected chi connectivity index (χ0v) is 16.1. The van der Waals surface area contributed by atoms with Crippen molar-refractivity contribution in [3.8, 4) is 28.7 Å². The zero-order valence-electron chi connectivity index (χ0n) is 16.1. The highest BCUT2D eigenvalue weighted by Crippen LogP contribution is 2.54. The number of aliphatic hydroxyl groups is 3. The maximum atomic E-state index is 12.1. The van der Waals surface area contributed by atoms with Crippen LogP contribution in [0.15, 0.2) is 24.3 Å². The normalized spacial score (nSPS) is 25.4. The summed E-state index contributed by atoms with van der Waals surface area (Å²) in [5.41, 5.74) is -2.81. The van der Waals surface area contributed by atoms with E-state index in [4.69, 9.17) is 9.47 Å². The Morgan fingerprint density at radius 1 is 1.03 bits per heavy atom. The van der Waals surface area contributed by atoms with Crippen LogP contribution in [0.5, 0.6) is 28.7 Å². The number of phenolic OH excluding ortho intramolecular Hbond substituents is 3. The molecule has 0 heterocycles. The van der Waals surface area contributed by atoms with Gasteiger partial charge in [-0.3, -0.25) is 0 Å². The van der Waals surface area contributed by atoms with E-state index in [0.717, 1.165) is 12.1 Å². The fourth-order valence-electron chi connectivity index (χ4n) is 4.06. The average Bonchev–Trinajstić information content (AvgIpc) is 2.70. The lowest BCUT2D eigenvalue weighted by molar-refractivity contribution is -0.333. The molecule has 0 unspecified atom stereocenters. The summed E-state index contributed by atoms with van der Waals surface area (Å²) in [5, 5.41) is 74.0. The third kappa shape index (κ3) is 2.96. The second kappa shape index (κ2) is 7.56. The Balaban J connectivity index is 2.40. The number of aromatic hydroxyl groups is 3. The molecule has 0 amide bonds. The molecular formula is C20H21O10-. The Bertz CT molecular complexity index is 988. The van der Waals surface area contributed by atoms with E-state index >= 15 is 0 Å². The molecule has 162 valence electrons. The largest absolute Gasteiger partial charge is 0.547 e. The highest BCUT2D eigenvalue weighted by Gasteiger charge is 2.55. The first-order chi connectivity index (χ1) is 14.1. The van der Waals surface area contributed by atoms with Crippen LogP contribution < -0.4 is 14.6 Å². The van der Waals surface area contributed by atoms with Crippen LogP contribution in [-0.4, -0.2) is 63.0 Å². The van der Waals surface area contributed by atoms with Gasteiger partial charge in [0.05, 0.1) is 32.9 Å². The number of hydrogen-bond acceptors (Lipinski definition) is 10. The second-order valence-corrected chi connectivity index (χ2v) is 7.02. The van der Waals surface area contributed by atoms with Crippen LogP contribution >= 0.6 is 0 Å². The molecule has 2 aromatic rings. The first kappa shape index (κ1) is 21.5. The van der Waals surface area contributed by atoms with Gasteiger partial charge in [0.1, 0.15) is 5.60 Å². The predicted molar refractivity (Wildman–Crippen MR) is 98.3 cm³/mol. The zero-order chi connectivity index (χ0) is 22.4. The smallest absolute Gasteiger partial charge is 0.200 e. The summed E-state index contributed by atoms with van der Waals surface area (Å²) in [7, 11) is 2.48. The summed E-state index contributed by atoms with van der Waals surface area (Å²) >= 11 is 0. The SMILES string of the molecule is COc1cc2c(cc1O)[C@@H](c1cc(O)c(O)c(OC)c1)[C@](O)(C(=O)[O-])[C@H](CO)[C@H]2O. The summed E-state index contributed by atoms with van der Waals surface area (Å²) in [6, 6.07) is 4.57. The molecule has 0 aromatic heterocycles. The molecule has 0 radical (unpaired) electrons. The topological polar surface area (TPSA) is 180 Å². The van der Waals surface area contributed by atoms with Crippen LogP contribution in [0.4, 0.5) is 0 Å². The third-order valence-electron chi connectivity index (χ3n) is 5.55. The van der Waals surface area contributed by atoms with Crippen molar-refractivity contribution in [1.29, 1.82) is 0 Å². The third-order valence-corrected chi connectivity index (χ3v) is 5.55. The lowest BCUT2D eigenvalue weighted by atomic mass is 9.62. The number of carboxylic acids is 1. The number of carboxylic acid groups (broad SMARTS) is 1. The van der Waals surface area contributed by atoms with Crippen LogP contribution in [0.25, 0.3) is 0 Å². The Morgan fingerprint density at radius 3 is 2.20 bits per heavy atom. The number of aliphatic hydroxyl groups excluding tert-OH is 2. The molecule has 4 atom stereocenters. The fraction of sp³-hybridized carbons (Fsp3) is 0.350. The molecule has 1 aliphatic rings. The number of aliphatic carboxylic acids is 1. The van der Waals surface area contributed by atoms with E-state index in [1.165, 1.54) is 26.4 Å². The number of ether oxygens (including phenoxy) is 2. The van der Waals surface area contributed by atoms with Gasteiger partial charge in [0, 0.05) is 11.8 Å². The van der Waals surface area contributed by atoms with E-state index in [0.29, 0.717) is 0 Å². The molecule has 10 nitrogen and oxygen atoms in total. The molecule has 0 aliphatic heterocycles. The van der Waals surface area contributed by atoms with Crippen molar-refractivity contribution < 1.29 is 50.0 Å². The molecule has 0 saturated carbocycles. The highest BCUT2D eigenvalue weighted by atomic mass is 16.5. The predicted octanol–water partition coefficient (Wildman–Crippen LogP) is -0.911. The fourth-order valence-corrected chi connectivity index (χ4v) is 4.06. The van der Waals surface area contributed by atoms with Gasteiger partial charge in [-0.2, -0.15) is 0 Å². The number of methoxy groups -OCH3 is 2. The van der Waals surface area contributed by atoms with Crippen molar-refractivity contribution in [3.63, 3.8) is 0 Å². The maximum absolute atomic E-state index is 12.1. The van der Waals surface area contributed by atoms with Crippen molar-refractivity contribution in [1.82, 2.24) is 0 Å². The molecule has 2 aromatic carbocycles. The number of benzene rings is 2. The van der Waals surface area contributed by atoms with Crippen molar-refractivity contribution in [2.45, 2.75) is 17.6 Å². The van der Waals surface area contributed by atoms with Crippen LogP contribution in [-0.2, 0) is 4.79 Å². The maximum Gasteiger partial charge on any atom is 0.200 e. The minimum atomic E-state index is -2.85. The van der Waals surface area contributed by atoms with E-state index < -0.39 is 53.4 Å². The van der Waals surface area contributed by atoms with Crippen molar-refractivity contribution in [2.75, 3.05) is 20.8 Å². The van der Waals surface area contributed by atoms with E-state index in [1.807, 2.05) is 0 Å². The Morgan fingerprint density at radius 2 is 1.67 bits per heavy atom. The van der Waals surface area contributed by atoms with E-state index in [9.17, 15) is 40.5 Å². The van der Waals surface area contributed by atoms with Crippen LogP contribution in [0.1, 0.15) is 28.7 Å². The monoisotopic (exact) mass is 421 g/mol. The average molecular weight is 421 g/mol. The van der Waals surface area contributed by atoms with Crippen LogP contribution in [0.3, 0.4) is 0 Å². The Labute approximate surface area is 170 Å². The molecular weight excluding hydrogens is 400 g/mol. The van der Waals surface area contributed by atoms with Gasteiger partial charge in [-0.15, -0.1) is 0 Å². The number of carbonyl (C=O) groups excluding carboxylic acids is 1. The molecule has 30 heavy (non-hydrogen) atoms.